The highest BCUT2D eigenvalue weighted by Crippen LogP contribution is 2.28. The Hall–Kier alpha value is -1.10. The van der Waals surface area contributed by atoms with Gasteiger partial charge in [0.15, 0.2) is 0 Å². The van der Waals surface area contributed by atoms with Crippen LogP contribution in [0.15, 0.2) is 4.52 Å². The van der Waals surface area contributed by atoms with Gasteiger partial charge in [0.1, 0.15) is 0 Å². The molecule has 21 heavy (non-hydrogen) atoms. The Morgan fingerprint density at radius 3 is 2.52 bits per heavy atom. The molecule has 2 rings (SSSR count). The molecule has 1 aromatic heterocycles. The van der Waals surface area contributed by atoms with Crippen molar-refractivity contribution in [3.05, 3.63) is 5.89 Å². The molecule has 5 heteroatoms. The van der Waals surface area contributed by atoms with Crippen molar-refractivity contribution >= 4 is 5.95 Å². The number of hydrogen-bond acceptors (Lipinski definition) is 5. The first-order valence-electron chi connectivity index (χ1n) is 8.45. The van der Waals surface area contributed by atoms with E-state index in [9.17, 15) is 0 Å². The molecule has 1 saturated heterocycles. The summed E-state index contributed by atoms with van der Waals surface area (Å²) in [5.41, 5.74) is 0. The van der Waals surface area contributed by atoms with Crippen molar-refractivity contribution < 1.29 is 4.52 Å². The average Bonchev–Trinajstić information content (AvgIpc) is 2.95. The fourth-order valence-corrected chi connectivity index (χ4v) is 3.16. The van der Waals surface area contributed by atoms with E-state index in [2.05, 4.69) is 43.1 Å². The second-order valence-electron chi connectivity index (χ2n) is 6.49. The third-order valence-corrected chi connectivity index (χ3v) is 4.33. The van der Waals surface area contributed by atoms with Gasteiger partial charge in [0.2, 0.25) is 5.89 Å². The van der Waals surface area contributed by atoms with Crippen molar-refractivity contribution in [2.24, 2.45) is 5.92 Å². The van der Waals surface area contributed by atoms with Crippen molar-refractivity contribution in [2.45, 2.75) is 65.3 Å². The van der Waals surface area contributed by atoms with Gasteiger partial charge in [-0.05, 0) is 50.2 Å². The van der Waals surface area contributed by atoms with Gasteiger partial charge in [-0.3, -0.25) is 0 Å². The van der Waals surface area contributed by atoms with Crippen LogP contribution in [0, 0.1) is 5.92 Å². The molecule has 0 aliphatic carbocycles. The largest absolute Gasteiger partial charge is 0.338 e. The number of hydrogen-bond donors (Lipinski definition) is 1. The van der Waals surface area contributed by atoms with Gasteiger partial charge in [0.25, 0.3) is 5.95 Å². The van der Waals surface area contributed by atoms with Crippen LogP contribution in [0.25, 0.3) is 0 Å². The molecule has 0 radical (unpaired) electrons. The maximum Gasteiger partial charge on any atom is 0.266 e. The van der Waals surface area contributed by atoms with E-state index in [0.29, 0.717) is 12.0 Å². The van der Waals surface area contributed by atoms with Crippen LogP contribution in [-0.4, -0.2) is 35.8 Å². The van der Waals surface area contributed by atoms with Gasteiger partial charge in [0.05, 0.1) is 5.92 Å². The van der Waals surface area contributed by atoms with Gasteiger partial charge in [-0.2, -0.15) is 4.98 Å². The predicted octanol–water partition coefficient (Wildman–Crippen LogP) is 3.19. The fourth-order valence-electron chi connectivity index (χ4n) is 3.16. The Bertz CT molecular complexity index is 412. The van der Waals surface area contributed by atoms with E-state index < -0.39 is 0 Å². The molecule has 0 spiro atoms. The SMILES string of the molecule is CCCNC(C)C(c1nc(N2CCCCC2)no1)C(C)C. The van der Waals surface area contributed by atoms with E-state index in [1.807, 2.05) is 0 Å². The van der Waals surface area contributed by atoms with E-state index in [-0.39, 0.29) is 5.92 Å². The lowest BCUT2D eigenvalue weighted by atomic mass is 9.89. The highest BCUT2D eigenvalue weighted by Gasteiger charge is 2.29. The molecular weight excluding hydrogens is 264 g/mol. The zero-order valence-electron chi connectivity index (χ0n) is 13.9. The number of nitrogens with one attached hydrogen (secondary N) is 1. The Balaban J connectivity index is 2.08. The topological polar surface area (TPSA) is 54.2 Å². The summed E-state index contributed by atoms with van der Waals surface area (Å²) in [7, 11) is 0. The summed E-state index contributed by atoms with van der Waals surface area (Å²) in [5, 5.41) is 7.78. The first-order chi connectivity index (χ1) is 10.1. The van der Waals surface area contributed by atoms with Crippen LogP contribution in [0.3, 0.4) is 0 Å². The van der Waals surface area contributed by atoms with E-state index in [4.69, 9.17) is 9.51 Å². The van der Waals surface area contributed by atoms with Crippen molar-refractivity contribution in [1.29, 1.82) is 0 Å². The summed E-state index contributed by atoms with van der Waals surface area (Å²) >= 11 is 0. The Morgan fingerprint density at radius 1 is 1.19 bits per heavy atom. The lowest BCUT2D eigenvalue weighted by Gasteiger charge is -2.26. The standard InChI is InChI=1S/C16H30N4O/c1-5-9-17-13(4)14(12(2)3)15-18-16(19-21-15)20-10-7-6-8-11-20/h12-14,17H,5-11H2,1-4H3. The summed E-state index contributed by atoms with van der Waals surface area (Å²) in [4.78, 5) is 6.94. The Labute approximate surface area is 128 Å². The third kappa shape index (κ3) is 4.19. The van der Waals surface area contributed by atoms with Crippen molar-refractivity contribution in [3.8, 4) is 0 Å². The summed E-state index contributed by atoms with van der Waals surface area (Å²) in [6, 6.07) is 0.347. The maximum absolute atomic E-state index is 5.60. The Morgan fingerprint density at radius 2 is 1.90 bits per heavy atom. The third-order valence-electron chi connectivity index (χ3n) is 4.33. The van der Waals surface area contributed by atoms with Gasteiger partial charge >= 0.3 is 0 Å². The van der Waals surface area contributed by atoms with Crippen LogP contribution in [0.5, 0.6) is 0 Å². The number of nitrogens with zero attached hydrogens (tertiary/aromatic N) is 3. The number of anilines is 1. The van der Waals surface area contributed by atoms with Crippen LogP contribution < -0.4 is 10.2 Å². The summed E-state index contributed by atoms with van der Waals surface area (Å²) < 4.78 is 5.60. The molecule has 1 aromatic rings. The minimum Gasteiger partial charge on any atom is -0.338 e. The lowest BCUT2D eigenvalue weighted by Crippen LogP contribution is -2.35. The number of piperidine rings is 1. The molecule has 0 aromatic carbocycles. The van der Waals surface area contributed by atoms with Crippen molar-refractivity contribution in [3.63, 3.8) is 0 Å². The summed E-state index contributed by atoms with van der Waals surface area (Å²) in [5.74, 6) is 2.29. The summed E-state index contributed by atoms with van der Waals surface area (Å²) in [6.45, 7) is 12.0. The molecule has 5 nitrogen and oxygen atoms in total. The zero-order valence-corrected chi connectivity index (χ0v) is 13.9. The summed E-state index contributed by atoms with van der Waals surface area (Å²) in [6.07, 6.45) is 4.91. The van der Waals surface area contributed by atoms with E-state index in [0.717, 1.165) is 37.9 Å². The smallest absolute Gasteiger partial charge is 0.266 e. The minimum absolute atomic E-state index is 0.266. The zero-order chi connectivity index (χ0) is 15.2. The number of aromatic nitrogens is 2. The van der Waals surface area contributed by atoms with Gasteiger partial charge in [-0.15, -0.1) is 0 Å². The highest BCUT2D eigenvalue weighted by molar-refractivity contribution is 5.28. The second-order valence-corrected chi connectivity index (χ2v) is 6.49. The molecule has 1 aliphatic rings. The van der Waals surface area contributed by atoms with Gasteiger partial charge in [0, 0.05) is 19.1 Å². The average molecular weight is 294 g/mol. The second kappa shape index (κ2) is 7.78. The van der Waals surface area contributed by atoms with Crippen LogP contribution in [0.1, 0.15) is 65.2 Å². The molecule has 1 fully saturated rings. The van der Waals surface area contributed by atoms with E-state index in [1.165, 1.54) is 19.3 Å². The first-order valence-corrected chi connectivity index (χ1v) is 8.45. The lowest BCUT2D eigenvalue weighted by molar-refractivity contribution is 0.279. The first kappa shape index (κ1) is 16.3. The highest BCUT2D eigenvalue weighted by atomic mass is 16.5. The predicted molar refractivity (Wildman–Crippen MR) is 85.7 cm³/mol. The minimum atomic E-state index is 0.266. The molecule has 2 heterocycles. The molecule has 2 unspecified atom stereocenters. The molecule has 2 atom stereocenters. The molecule has 0 saturated carbocycles. The van der Waals surface area contributed by atoms with Crippen LogP contribution >= 0.6 is 0 Å². The normalized spacial score (nSPS) is 19.0. The van der Waals surface area contributed by atoms with Gasteiger partial charge in [-0.1, -0.05) is 20.8 Å². The van der Waals surface area contributed by atoms with Gasteiger partial charge in [-0.25, -0.2) is 0 Å². The monoisotopic (exact) mass is 294 g/mol. The molecule has 0 amide bonds. The number of rotatable bonds is 7. The van der Waals surface area contributed by atoms with E-state index >= 15 is 0 Å². The molecule has 0 bridgehead atoms. The van der Waals surface area contributed by atoms with Gasteiger partial charge < -0.3 is 14.7 Å². The van der Waals surface area contributed by atoms with E-state index in [1.54, 1.807) is 0 Å². The van der Waals surface area contributed by atoms with Crippen LogP contribution in [0.4, 0.5) is 5.95 Å². The maximum atomic E-state index is 5.60. The molecule has 120 valence electrons. The fraction of sp³-hybridized carbons (Fsp3) is 0.875. The molecule has 1 N–H and O–H groups in total. The van der Waals surface area contributed by atoms with Crippen molar-refractivity contribution in [2.75, 3.05) is 24.5 Å². The van der Waals surface area contributed by atoms with Crippen LogP contribution in [-0.2, 0) is 0 Å². The molecule has 1 aliphatic heterocycles. The Kier molecular flexibility index (Phi) is 6.03. The van der Waals surface area contributed by atoms with Crippen LogP contribution in [0.2, 0.25) is 0 Å². The molecular formula is C16H30N4O. The van der Waals surface area contributed by atoms with Crippen molar-refractivity contribution in [1.82, 2.24) is 15.5 Å². The quantitative estimate of drug-likeness (QED) is 0.837.